The van der Waals surface area contributed by atoms with Crippen molar-refractivity contribution in [2.45, 2.75) is 38.8 Å². The Hall–Kier alpha value is -0.870. The second-order valence-electron chi connectivity index (χ2n) is 4.10. The third kappa shape index (κ3) is 4.01. The lowest BCUT2D eigenvalue weighted by Crippen LogP contribution is -2.28. The summed E-state index contributed by atoms with van der Waals surface area (Å²) in [7, 11) is 1.92. The maximum Gasteiger partial charge on any atom is 0.0537 e. The first-order chi connectivity index (χ1) is 7.13. The molecule has 2 unspecified atom stereocenters. The van der Waals surface area contributed by atoms with E-state index >= 15 is 0 Å². The number of aliphatic hydroxyl groups excluding tert-OH is 1. The number of aliphatic hydroxyl groups is 1. The smallest absolute Gasteiger partial charge is 0.0537 e. The van der Waals surface area contributed by atoms with Gasteiger partial charge in [0.15, 0.2) is 0 Å². The van der Waals surface area contributed by atoms with Crippen molar-refractivity contribution in [3.63, 3.8) is 0 Å². The molecule has 4 heteroatoms. The van der Waals surface area contributed by atoms with E-state index in [0.717, 1.165) is 12.8 Å². The van der Waals surface area contributed by atoms with Crippen LogP contribution in [0.25, 0.3) is 0 Å². The summed E-state index contributed by atoms with van der Waals surface area (Å²) in [5.74, 6) is 0. The Balaban J connectivity index is 2.38. The van der Waals surface area contributed by atoms with Gasteiger partial charge in [0, 0.05) is 37.5 Å². The summed E-state index contributed by atoms with van der Waals surface area (Å²) in [5.41, 5.74) is 1.20. The number of rotatable bonds is 6. The van der Waals surface area contributed by atoms with E-state index in [9.17, 15) is 0 Å². The predicted octanol–water partition coefficient (Wildman–Crippen LogP) is 1.23. The molecule has 0 saturated carbocycles. The first-order valence-corrected chi connectivity index (χ1v) is 5.49. The molecule has 1 heterocycles. The van der Waals surface area contributed by atoms with Crippen LogP contribution in [0.15, 0.2) is 12.4 Å². The normalized spacial score (nSPS) is 15.2. The molecule has 2 atom stereocenters. The van der Waals surface area contributed by atoms with Crippen LogP contribution in [0.5, 0.6) is 0 Å². The Morgan fingerprint density at radius 2 is 2.27 bits per heavy atom. The van der Waals surface area contributed by atoms with Gasteiger partial charge in [-0.2, -0.15) is 5.10 Å². The Labute approximate surface area is 91.3 Å². The molecule has 86 valence electrons. The first-order valence-electron chi connectivity index (χ1n) is 5.49. The Morgan fingerprint density at radius 1 is 1.53 bits per heavy atom. The van der Waals surface area contributed by atoms with Gasteiger partial charge in [-0.25, -0.2) is 0 Å². The van der Waals surface area contributed by atoms with Crippen molar-refractivity contribution in [3.8, 4) is 0 Å². The number of nitrogens with one attached hydrogen (secondary N) is 1. The van der Waals surface area contributed by atoms with Crippen LogP contribution in [0.3, 0.4) is 0 Å². The average Bonchev–Trinajstić information content (AvgIpc) is 2.61. The molecule has 0 aromatic carbocycles. The van der Waals surface area contributed by atoms with E-state index in [-0.39, 0.29) is 6.61 Å². The predicted molar refractivity (Wildman–Crippen MR) is 60.5 cm³/mol. The van der Waals surface area contributed by atoms with E-state index in [1.807, 2.05) is 24.1 Å². The standard InChI is InChI=1S/C11H21N3O/c1-9(5-4-6-15)13-10(2)11-7-12-14(3)8-11/h7-10,13,15H,4-6H2,1-3H3. The number of aryl methyl sites for hydroxylation is 1. The van der Waals surface area contributed by atoms with Crippen molar-refractivity contribution >= 4 is 0 Å². The van der Waals surface area contributed by atoms with Gasteiger partial charge in [-0.15, -0.1) is 0 Å². The SMILES string of the molecule is CC(CCCO)NC(C)c1cnn(C)c1. The second kappa shape index (κ2) is 5.88. The van der Waals surface area contributed by atoms with Gasteiger partial charge < -0.3 is 10.4 Å². The highest BCUT2D eigenvalue weighted by Crippen LogP contribution is 2.12. The number of aromatic nitrogens is 2. The molecule has 0 bridgehead atoms. The minimum absolute atomic E-state index is 0.271. The van der Waals surface area contributed by atoms with Gasteiger partial charge in [0.1, 0.15) is 0 Å². The molecule has 1 rings (SSSR count). The quantitative estimate of drug-likeness (QED) is 0.744. The summed E-state index contributed by atoms with van der Waals surface area (Å²) in [5, 5.41) is 16.4. The van der Waals surface area contributed by atoms with Crippen molar-refractivity contribution in [2.24, 2.45) is 7.05 Å². The summed E-state index contributed by atoms with van der Waals surface area (Å²) >= 11 is 0. The molecule has 0 saturated heterocycles. The highest BCUT2D eigenvalue weighted by molar-refractivity contribution is 5.09. The van der Waals surface area contributed by atoms with Gasteiger partial charge in [0.05, 0.1) is 6.20 Å². The molecule has 4 nitrogen and oxygen atoms in total. The Kier molecular flexibility index (Phi) is 4.78. The van der Waals surface area contributed by atoms with Gasteiger partial charge >= 0.3 is 0 Å². The molecule has 0 fully saturated rings. The molecule has 0 aliphatic rings. The molecule has 1 aromatic heterocycles. The summed E-state index contributed by atoms with van der Waals surface area (Å²) in [4.78, 5) is 0. The summed E-state index contributed by atoms with van der Waals surface area (Å²) in [6.07, 6.45) is 5.77. The van der Waals surface area contributed by atoms with Crippen LogP contribution < -0.4 is 5.32 Å². The molecule has 15 heavy (non-hydrogen) atoms. The highest BCUT2D eigenvalue weighted by atomic mass is 16.2. The van der Waals surface area contributed by atoms with E-state index in [4.69, 9.17) is 5.11 Å². The monoisotopic (exact) mass is 211 g/mol. The van der Waals surface area contributed by atoms with Crippen LogP contribution in [-0.4, -0.2) is 27.5 Å². The van der Waals surface area contributed by atoms with Crippen LogP contribution in [0.4, 0.5) is 0 Å². The fraction of sp³-hybridized carbons (Fsp3) is 0.727. The van der Waals surface area contributed by atoms with Gasteiger partial charge in [-0.05, 0) is 26.7 Å². The van der Waals surface area contributed by atoms with Crippen molar-refractivity contribution in [1.82, 2.24) is 15.1 Å². The van der Waals surface area contributed by atoms with Crippen LogP contribution in [0.1, 0.15) is 38.3 Å². The fourth-order valence-corrected chi connectivity index (χ4v) is 1.67. The second-order valence-corrected chi connectivity index (χ2v) is 4.10. The van der Waals surface area contributed by atoms with Crippen LogP contribution in [-0.2, 0) is 7.05 Å². The highest BCUT2D eigenvalue weighted by Gasteiger charge is 2.10. The third-order valence-corrected chi connectivity index (χ3v) is 2.55. The molecule has 0 amide bonds. The molecule has 0 radical (unpaired) electrons. The Morgan fingerprint density at radius 3 is 2.80 bits per heavy atom. The zero-order valence-electron chi connectivity index (χ0n) is 9.77. The number of hydrogen-bond acceptors (Lipinski definition) is 3. The van der Waals surface area contributed by atoms with Crippen molar-refractivity contribution in [3.05, 3.63) is 18.0 Å². The van der Waals surface area contributed by atoms with Crippen LogP contribution >= 0.6 is 0 Å². The maximum absolute atomic E-state index is 8.73. The lowest BCUT2D eigenvalue weighted by molar-refractivity contribution is 0.274. The van der Waals surface area contributed by atoms with Crippen molar-refractivity contribution in [1.29, 1.82) is 0 Å². The van der Waals surface area contributed by atoms with E-state index in [2.05, 4.69) is 24.3 Å². The first kappa shape index (κ1) is 12.2. The van der Waals surface area contributed by atoms with Crippen molar-refractivity contribution < 1.29 is 5.11 Å². The largest absolute Gasteiger partial charge is 0.396 e. The minimum atomic E-state index is 0.271. The number of hydrogen-bond donors (Lipinski definition) is 2. The average molecular weight is 211 g/mol. The van der Waals surface area contributed by atoms with Gasteiger partial charge in [0.2, 0.25) is 0 Å². The minimum Gasteiger partial charge on any atom is -0.396 e. The zero-order valence-corrected chi connectivity index (χ0v) is 9.77. The van der Waals surface area contributed by atoms with E-state index in [1.165, 1.54) is 5.56 Å². The molecule has 1 aromatic rings. The molecular formula is C11H21N3O. The van der Waals surface area contributed by atoms with Gasteiger partial charge in [-0.3, -0.25) is 4.68 Å². The van der Waals surface area contributed by atoms with Gasteiger partial charge in [0.25, 0.3) is 0 Å². The van der Waals surface area contributed by atoms with Crippen LogP contribution in [0, 0.1) is 0 Å². The van der Waals surface area contributed by atoms with Crippen molar-refractivity contribution in [2.75, 3.05) is 6.61 Å². The number of nitrogens with zero attached hydrogens (tertiary/aromatic N) is 2. The Bertz CT molecular complexity index is 285. The topological polar surface area (TPSA) is 50.1 Å². The maximum atomic E-state index is 8.73. The fourth-order valence-electron chi connectivity index (χ4n) is 1.67. The molecule has 0 aliphatic carbocycles. The molecule has 0 spiro atoms. The summed E-state index contributed by atoms with van der Waals surface area (Å²) in [6, 6.07) is 0.736. The van der Waals surface area contributed by atoms with E-state index in [0.29, 0.717) is 12.1 Å². The molecule has 0 aliphatic heterocycles. The van der Waals surface area contributed by atoms with E-state index < -0.39 is 0 Å². The lowest BCUT2D eigenvalue weighted by atomic mass is 10.1. The zero-order chi connectivity index (χ0) is 11.3. The van der Waals surface area contributed by atoms with E-state index in [1.54, 1.807) is 0 Å². The summed E-state index contributed by atoms with van der Waals surface area (Å²) in [6.45, 7) is 4.54. The molecule has 2 N–H and O–H groups in total. The third-order valence-electron chi connectivity index (χ3n) is 2.55. The lowest BCUT2D eigenvalue weighted by Gasteiger charge is -2.18. The van der Waals surface area contributed by atoms with Gasteiger partial charge in [-0.1, -0.05) is 0 Å². The molecular weight excluding hydrogens is 190 g/mol. The van der Waals surface area contributed by atoms with Crippen LogP contribution in [0.2, 0.25) is 0 Å². The summed E-state index contributed by atoms with van der Waals surface area (Å²) < 4.78 is 1.81.